The second-order valence-electron chi connectivity index (χ2n) is 4.45. The molecule has 2 unspecified atom stereocenters. The van der Waals surface area contributed by atoms with Gasteiger partial charge in [0.05, 0.1) is 12.1 Å². The first-order valence-electron chi connectivity index (χ1n) is 5.76. The predicted octanol–water partition coefficient (Wildman–Crippen LogP) is 1.47. The van der Waals surface area contributed by atoms with Gasteiger partial charge in [-0.25, -0.2) is 9.48 Å². The van der Waals surface area contributed by atoms with Crippen molar-refractivity contribution in [3.05, 3.63) is 11.4 Å². The fraction of sp³-hybridized carbons (Fsp3) is 0.700. The fourth-order valence-corrected chi connectivity index (χ4v) is 2.31. The summed E-state index contributed by atoms with van der Waals surface area (Å²) in [6.07, 6.45) is -3.80. The van der Waals surface area contributed by atoms with Crippen molar-refractivity contribution in [1.29, 1.82) is 0 Å². The number of alkyl halides is 3. The van der Waals surface area contributed by atoms with Gasteiger partial charge in [-0.3, -0.25) is 0 Å². The normalized spacial score (nSPS) is 24.4. The number of carboxylic acids is 1. The summed E-state index contributed by atoms with van der Waals surface area (Å²) in [5, 5.41) is 24.8. The number of carboxylic acid groups (broad SMARTS) is 1. The monoisotopic (exact) mass is 279 g/mol. The highest BCUT2D eigenvalue weighted by Crippen LogP contribution is 2.36. The van der Waals surface area contributed by atoms with E-state index in [1.807, 2.05) is 0 Å². The molecule has 0 bridgehead atoms. The summed E-state index contributed by atoms with van der Waals surface area (Å²) in [5.74, 6) is -1.79. The molecule has 1 aliphatic carbocycles. The Hall–Kier alpha value is -1.64. The molecule has 106 valence electrons. The van der Waals surface area contributed by atoms with E-state index >= 15 is 0 Å². The maximum absolute atomic E-state index is 12.9. The largest absolute Gasteiger partial charge is 0.476 e. The molecule has 19 heavy (non-hydrogen) atoms. The number of aromatic carboxylic acids is 1. The number of rotatable bonds is 2. The predicted molar refractivity (Wildman–Crippen MR) is 55.5 cm³/mol. The van der Waals surface area contributed by atoms with Crippen LogP contribution < -0.4 is 0 Å². The maximum Gasteiger partial charge on any atom is 0.435 e. The number of hydrogen-bond acceptors (Lipinski definition) is 4. The summed E-state index contributed by atoms with van der Waals surface area (Å²) in [6, 6.07) is -0.883. The summed E-state index contributed by atoms with van der Waals surface area (Å²) in [6.45, 7) is 0. The highest BCUT2D eigenvalue weighted by molar-refractivity contribution is 5.86. The number of nitrogens with zero attached hydrogens (tertiary/aromatic N) is 3. The third-order valence-corrected chi connectivity index (χ3v) is 3.17. The van der Waals surface area contributed by atoms with Crippen molar-refractivity contribution in [2.24, 2.45) is 0 Å². The molecule has 1 fully saturated rings. The van der Waals surface area contributed by atoms with Crippen LogP contribution in [0.4, 0.5) is 13.2 Å². The standard InChI is InChI=1S/C10H12F3N3O3/c11-10(12,13)8-7(9(18)19)14-15-16(8)5-3-1-2-4-6(5)17/h5-6,17H,1-4H2,(H,18,19). The Morgan fingerprint density at radius 1 is 1.32 bits per heavy atom. The van der Waals surface area contributed by atoms with E-state index in [2.05, 4.69) is 10.3 Å². The average molecular weight is 279 g/mol. The van der Waals surface area contributed by atoms with Gasteiger partial charge in [0.1, 0.15) is 0 Å². The molecule has 0 saturated heterocycles. The van der Waals surface area contributed by atoms with E-state index < -0.39 is 35.7 Å². The Kier molecular flexibility index (Phi) is 3.48. The van der Waals surface area contributed by atoms with E-state index in [0.29, 0.717) is 23.9 Å². The second-order valence-corrected chi connectivity index (χ2v) is 4.45. The lowest BCUT2D eigenvalue weighted by atomic mass is 9.92. The maximum atomic E-state index is 12.9. The molecule has 0 radical (unpaired) electrons. The summed E-state index contributed by atoms with van der Waals surface area (Å²) < 4.78 is 39.3. The van der Waals surface area contributed by atoms with Crippen LogP contribution in [0.15, 0.2) is 0 Å². The van der Waals surface area contributed by atoms with Crippen LogP contribution in [0.3, 0.4) is 0 Å². The van der Waals surface area contributed by atoms with Gasteiger partial charge in [-0.2, -0.15) is 13.2 Å². The molecule has 9 heteroatoms. The Bertz CT molecular complexity index is 486. The Morgan fingerprint density at radius 3 is 2.47 bits per heavy atom. The number of aromatic nitrogens is 3. The van der Waals surface area contributed by atoms with Crippen molar-refractivity contribution in [1.82, 2.24) is 15.0 Å². The zero-order valence-electron chi connectivity index (χ0n) is 9.76. The van der Waals surface area contributed by atoms with E-state index in [4.69, 9.17) is 5.11 Å². The number of aliphatic hydroxyl groups excluding tert-OH is 1. The van der Waals surface area contributed by atoms with Crippen LogP contribution in [-0.4, -0.2) is 37.3 Å². The Labute approximate surface area is 105 Å². The smallest absolute Gasteiger partial charge is 0.435 e. The third-order valence-electron chi connectivity index (χ3n) is 3.17. The molecular formula is C10H12F3N3O3. The Morgan fingerprint density at radius 2 is 1.95 bits per heavy atom. The van der Waals surface area contributed by atoms with Gasteiger partial charge < -0.3 is 10.2 Å². The molecule has 1 aromatic rings. The zero-order valence-corrected chi connectivity index (χ0v) is 9.76. The summed E-state index contributed by atoms with van der Waals surface area (Å²) in [5.41, 5.74) is -2.55. The highest BCUT2D eigenvalue weighted by Gasteiger charge is 2.44. The fourth-order valence-electron chi connectivity index (χ4n) is 2.31. The van der Waals surface area contributed by atoms with Gasteiger partial charge in [-0.15, -0.1) is 5.10 Å². The molecule has 0 spiro atoms. The molecular weight excluding hydrogens is 267 g/mol. The molecule has 1 aliphatic rings. The van der Waals surface area contributed by atoms with Crippen LogP contribution in [0, 0.1) is 0 Å². The molecule has 1 aromatic heterocycles. The lowest BCUT2D eigenvalue weighted by Crippen LogP contribution is -2.31. The van der Waals surface area contributed by atoms with Crippen LogP contribution in [0.5, 0.6) is 0 Å². The minimum absolute atomic E-state index is 0.312. The van der Waals surface area contributed by atoms with Crippen molar-refractivity contribution >= 4 is 5.97 Å². The van der Waals surface area contributed by atoms with E-state index in [1.165, 1.54) is 0 Å². The van der Waals surface area contributed by atoms with Crippen LogP contribution >= 0.6 is 0 Å². The molecule has 0 amide bonds. The molecule has 0 aromatic carbocycles. The van der Waals surface area contributed by atoms with Gasteiger partial charge in [0.25, 0.3) is 0 Å². The van der Waals surface area contributed by atoms with Crippen LogP contribution in [0.25, 0.3) is 0 Å². The molecule has 2 atom stereocenters. The van der Waals surface area contributed by atoms with Gasteiger partial charge in [0.2, 0.25) is 5.69 Å². The van der Waals surface area contributed by atoms with Gasteiger partial charge in [0, 0.05) is 0 Å². The van der Waals surface area contributed by atoms with E-state index in [0.717, 1.165) is 6.42 Å². The molecule has 6 nitrogen and oxygen atoms in total. The van der Waals surface area contributed by atoms with Gasteiger partial charge in [0.15, 0.2) is 5.69 Å². The summed E-state index contributed by atoms with van der Waals surface area (Å²) in [7, 11) is 0. The van der Waals surface area contributed by atoms with Crippen molar-refractivity contribution in [3.8, 4) is 0 Å². The first kappa shape index (κ1) is 13.8. The molecule has 0 aliphatic heterocycles. The van der Waals surface area contributed by atoms with E-state index in [1.54, 1.807) is 0 Å². The minimum Gasteiger partial charge on any atom is -0.476 e. The first-order chi connectivity index (χ1) is 8.82. The van der Waals surface area contributed by atoms with E-state index in [9.17, 15) is 23.1 Å². The quantitative estimate of drug-likeness (QED) is 0.855. The van der Waals surface area contributed by atoms with Gasteiger partial charge in [-0.05, 0) is 12.8 Å². The number of hydrogen-bond donors (Lipinski definition) is 2. The second kappa shape index (κ2) is 4.80. The minimum atomic E-state index is -4.88. The summed E-state index contributed by atoms with van der Waals surface area (Å²) >= 11 is 0. The molecule has 2 rings (SSSR count). The van der Waals surface area contributed by atoms with Crippen LogP contribution in [-0.2, 0) is 6.18 Å². The van der Waals surface area contributed by atoms with Crippen molar-refractivity contribution in [2.75, 3.05) is 0 Å². The first-order valence-corrected chi connectivity index (χ1v) is 5.76. The lowest BCUT2D eigenvalue weighted by molar-refractivity contribution is -0.146. The topological polar surface area (TPSA) is 88.2 Å². The zero-order chi connectivity index (χ0) is 14.2. The van der Waals surface area contributed by atoms with Crippen molar-refractivity contribution in [2.45, 2.75) is 44.0 Å². The average Bonchev–Trinajstić information content (AvgIpc) is 2.73. The SMILES string of the molecule is O=C(O)c1nnn(C2CCCCC2O)c1C(F)(F)F. The molecule has 1 heterocycles. The van der Waals surface area contributed by atoms with Gasteiger partial charge >= 0.3 is 12.1 Å². The Balaban J connectivity index is 2.48. The lowest BCUT2D eigenvalue weighted by Gasteiger charge is -2.28. The van der Waals surface area contributed by atoms with Crippen molar-refractivity contribution < 1.29 is 28.2 Å². The van der Waals surface area contributed by atoms with Crippen LogP contribution in [0.1, 0.15) is 47.9 Å². The van der Waals surface area contributed by atoms with Gasteiger partial charge in [-0.1, -0.05) is 18.1 Å². The van der Waals surface area contributed by atoms with E-state index in [-0.39, 0.29) is 0 Å². The molecule has 1 saturated carbocycles. The number of aliphatic hydroxyl groups is 1. The highest BCUT2D eigenvalue weighted by atomic mass is 19.4. The summed E-state index contributed by atoms with van der Waals surface area (Å²) in [4.78, 5) is 10.8. The number of halogens is 3. The van der Waals surface area contributed by atoms with Crippen LogP contribution in [0.2, 0.25) is 0 Å². The van der Waals surface area contributed by atoms with Crippen molar-refractivity contribution in [3.63, 3.8) is 0 Å². The third kappa shape index (κ3) is 2.55. The molecule has 2 N–H and O–H groups in total. The number of carbonyl (C=O) groups is 1.